The molecule has 110 valence electrons. The summed E-state index contributed by atoms with van der Waals surface area (Å²) < 4.78 is 14.1. The number of nitrogens with two attached hydrogens (primary N) is 1. The molecule has 1 fully saturated rings. The number of para-hydroxylation sites is 1. The second-order valence-corrected chi connectivity index (χ2v) is 5.38. The average Bonchev–Trinajstić information content (AvgIpc) is 2.40. The Bertz CT molecular complexity index is 470. The smallest absolute Gasteiger partial charge is 0.217 e. The van der Waals surface area contributed by atoms with Gasteiger partial charge in [0.2, 0.25) is 5.91 Å². The topological polar surface area (TPSA) is 58.4 Å². The Morgan fingerprint density at radius 3 is 2.75 bits per heavy atom. The van der Waals surface area contributed by atoms with Gasteiger partial charge < -0.3 is 16.0 Å². The zero-order valence-electron chi connectivity index (χ0n) is 11.9. The third-order valence-corrected chi connectivity index (χ3v) is 3.86. The Labute approximate surface area is 119 Å². The Hall–Kier alpha value is -1.62. The van der Waals surface area contributed by atoms with Gasteiger partial charge in [-0.3, -0.25) is 4.79 Å². The van der Waals surface area contributed by atoms with E-state index in [-0.39, 0.29) is 11.7 Å². The summed E-state index contributed by atoms with van der Waals surface area (Å²) >= 11 is 0. The molecule has 1 aromatic carbocycles. The maximum absolute atomic E-state index is 14.1. The number of hydrogen-bond acceptors (Lipinski definition) is 3. The fourth-order valence-electron chi connectivity index (χ4n) is 2.89. The number of carbonyl (C=O) groups is 1. The van der Waals surface area contributed by atoms with E-state index >= 15 is 0 Å². The number of rotatable bonds is 5. The zero-order valence-corrected chi connectivity index (χ0v) is 11.9. The van der Waals surface area contributed by atoms with Crippen LogP contribution in [0.25, 0.3) is 0 Å². The van der Waals surface area contributed by atoms with Crippen LogP contribution in [0.4, 0.5) is 10.1 Å². The van der Waals surface area contributed by atoms with Crippen LogP contribution >= 0.6 is 0 Å². The van der Waals surface area contributed by atoms with E-state index < -0.39 is 0 Å². The highest BCUT2D eigenvalue weighted by Gasteiger charge is 2.23. The largest absolute Gasteiger partial charge is 0.370 e. The summed E-state index contributed by atoms with van der Waals surface area (Å²) in [6.07, 6.45) is 2.21. The molecule has 1 heterocycles. The lowest BCUT2D eigenvalue weighted by Gasteiger charge is -2.34. The lowest BCUT2D eigenvalue weighted by Crippen LogP contribution is -2.36. The van der Waals surface area contributed by atoms with Crippen molar-refractivity contribution in [3.05, 3.63) is 29.6 Å². The lowest BCUT2D eigenvalue weighted by atomic mass is 9.92. The maximum Gasteiger partial charge on any atom is 0.217 e. The summed E-state index contributed by atoms with van der Waals surface area (Å²) in [5.41, 5.74) is 6.90. The molecule has 3 N–H and O–H groups in total. The van der Waals surface area contributed by atoms with Gasteiger partial charge in [-0.2, -0.15) is 0 Å². The van der Waals surface area contributed by atoms with Gasteiger partial charge in [-0.05, 0) is 37.4 Å². The van der Waals surface area contributed by atoms with Crippen LogP contribution in [0.5, 0.6) is 0 Å². The van der Waals surface area contributed by atoms with Crippen molar-refractivity contribution in [2.24, 2.45) is 11.7 Å². The highest BCUT2D eigenvalue weighted by molar-refractivity contribution is 5.74. The quantitative estimate of drug-likeness (QED) is 0.861. The van der Waals surface area contributed by atoms with Crippen molar-refractivity contribution < 1.29 is 9.18 Å². The van der Waals surface area contributed by atoms with Gasteiger partial charge in [-0.1, -0.05) is 12.1 Å². The van der Waals surface area contributed by atoms with E-state index in [4.69, 9.17) is 5.73 Å². The number of anilines is 1. The van der Waals surface area contributed by atoms with Gasteiger partial charge in [-0.15, -0.1) is 0 Å². The Balaban J connectivity index is 2.08. The second kappa shape index (κ2) is 6.70. The summed E-state index contributed by atoms with van der Waals surface area (Å²) in [6, 6.07) is 5.19. The molecule has 0 saturated carbocycles. The van der Waals surface area contributed by atoms with Gasteiger partial charge >= 0.3 is 0 Å². The molecule has 1 aromatic rings. The number of hydrogen-bond donors (Lipinski definition) is 2. The van der Waals surface area contributed by atoms with Crippen LogP contribution < -0.4 is 16.0 Å². The first-order valence-corrected chi connectivity index (χ1v) is 7.07. The molecular weight excluding hydrogens is 257 g/mol. The number of nitrogens with one attached hydrogen (secondary N) is 1. The summed E-state index contributed by atoms with van der Waals surface area (Å²) in [5, 5.41) is 3.07. The third kappa shape index (κ3) is 3.48. The fourth-order valence-corrected chi connectivity index (χ4v) is 2.89. The predicted molar refractivity (Wildman–Crippen MR) is 77.9 cm³/mol. The van der Waals surface area contributed by atoms with Crippen molar-refractivity contribution in [2.75, 3.05) is 25.0 Å². The van der Waals surface area contributed by atoms with Crippen LogP contribution in [-0.2, 0) is 11.3 Å². The first-order valence-electron chi connectivity index (χ1n) is 7.07. The van der Waals surface area contributed by atoms with Crippen molar-refractivity contribution >= 4 is 11.6 Å². The molecule has 1 amide bonds. The van der Waals surface area contributed by atoms with Crippen LogP contribution in [0.3, 0.4) is 0 Å². The Kier molecular flexibility index (Phi) is 4.95. The Morgan fingerprint density at radius 1 is 1.45 bits per heavy atom. The highest BCUT2D eigenvalue weighted by Crippen LogP contribution is 2.30. The van der Waals surface area contributed by atoms with Crippen LogP contribution in [0.1, 0.15) is 24.8 Å². The van der Waals surface area contributed by atoms with Crippen molar-refractivity contribution in [3.63, 3.8) is 0 Å². The average molecular weight is 279 g/mol. The maximum atomic E-state index is 14.1. The van der Waals surface area contributed by atoms with E-state index in [0.29, 0.717) is 24.6 Å². The normalized spacial score (nSPS) is 16.4. The van der Waals surface area contributed by atoms with Crippen molar-refractivity contribution in [2.45, 2.75) is 25.8 Å². The number of nitrogens with zero attached hydrogens (tertiary/aromatic N) is 1. The monoisotopic (exact) mass is 279 g/mol. The molecule has 0 aliphatic carbocycles. The van der Waals surface area contributed by atoms with Gasteiger partial charge in [0.05, 0.1) is 5.69 Å². The van der Waals surface area contributed by atoms with Crippen LogP contribution in [0, 0.1) is 11.7 Å². The van der Waals surface area contributed by atoms with Crippen LogP contribution in [0.15, 0.2) is 18.2 Å². The van der Waals surface area contributed by atoms with Gasteiger partial charge in [0.1, 0.15) is 5.82 Å². The summed E-state index contributed by atoms with van der Waals surface area (Å²) in [7, 11) is 1.85. The molecule has 5 heteroatoms. The van der Waals surface area contributed by atoms with Gasteiger partial charge in [0, 0.05) is 26.1 Å². The molecule has 0 radical (unpaired) electrons. The summed E-state index contributed by atoms with van der Waals surface area (Å²) in [4.78, 5) is 13.0. The number of benzene rings is 1. The number of primary amides is 1. The zero-order chi connectivity index (χ0) is 14.5. The molecule has 1 aliphatic heterocycles. The van der Waals surface area contributed by atoms with Crippen LogP contribution in [0.2, 0.25) is 0 Å². The highest BCUT2D eigenvalue weighted by atomic mass is 19.1. The lowest BCUT2D eigenvalue weighted by molar-refractivity contribution is -0.119. The SMILES string of the molecule is CNCc1cccc(F)c1N1CCC(CC(N)=O)CC1. The molecule has 0 spiro atoms. The third-order valence-electron chi connectivity index (χ3n) is 3.86. The number of piperidine rings is 1. The molecule has 0 aromatic heterocycles. The van der Waals surface area contributed by atoms with Crippen LogP contribution in [-0.4, -0.2) is 26.0 Å². The Morgan fingerprint density at radius 2 is 2.15 bits per heavy atom. The van der Waals surface area contributed by atoms with Crippen molar-refractivity contribution in [1.29, 1.82) is 0 Å². The van der Waals surface area contributed by atoms with E-state index in [1.807, 2.05) is 13.1 Å². The molecule has 20 heavy (non-hydrogen) atoms. The molecular formula is C15H22FN3O. The molecule has 1 aliphatic rings. The second-order valence-electron chi connectivity index (χ2n) is 5.38. The van der Waals surface area contributed by atoms with Crippen molar-refractivity contribution in [3.8, 4) is 0 Å². The number of amides is 1. The predicted octanol–water partition coefficient (Wildman–Crippen LogP) is 1.64. The van der Waals surface area contributed by atoms with E-state index in [1.54, 1.807) is 6.07 Å². The summed E-state index contributed by atoms with van der Waals surface area (Å²) in [5.74, 6) is -0.0837. The first-order chi connectivity index (χ1) is 9.61. The molecule has 0 bridgehead atoms. The minimum absolute atomic E-state index is 0.175. The molecule has 2 rings (SSSR count). The van der Waals surface area contributed by atoms with Gasteiger partial charge in [0.15, 0.2) is 0 Å². The van der Waals surface area contributed by atoms with E-state index in [9.17, 15) is 9.18 Å². The van der Waals surface area contributed by atoms with Gasteiger partial charge in [0.25, 0.3) is 0 Å². The van der Waals surface area contributed by atoms with E-state index in [0.717, 1.165) is 31.5 Å². The minimum atomic E-state index is -0.245. The molecule has 0 atom stereocenters. The first kappa shape index (κ1) is 14.8. The fraction of sp³-hybridized carbons (Fsp3) is 0.533. The van der Waals surface area contributed by atoms with E-state index in [2.05, 4.69) is 10.2 Å². The minimum Gasteiger partial charge on any atom is -0.370 e. The van der Waals surface area contributed by atoms with Crippen molar-refractivity contribution in [1.82, 2.24) is 5.32 Å². The van der Waals surface area contributed by atoms with Gasteiger partial charge in [-0.25, -0.2) is 4.39 Å². The molecule has 4 nitrogen and oxygen atoms in total. The van der Waals surface area contributed by atoms with E-state index in [1.165, 1.54) is 6.07 Å². The number of carbonyl (C=O) groups excluding carboxylic acids is 1. The summed E-state index contributed by atoms with van der Waals surface area (Å²) in [6.45, 7) is 2.19. The standard InChI is InChI=1S/C15H22FN3O/c1-18-10-12-3-2-4-13(16)15(12)19-7-5-11(6-8-19)9-14(17)20/h2-4,11,18H,5-10H2,1H3,(H2,17,20). The molecule has 0 unspecified atom stereocenters. The molecule has 1 saturated heterocycles. The number of halogens is 1.